The average Bonchev–Trinajstić information content (AvgIpc) is 2.89. The molecule has 4 rings (SSSR count). The Morgan fingerprint density at radius 3 is 2.47 bits per heavy atom. The van der Waals surface area contributed by atoms with Crippen molar-refractivity contribution >= 4 is 5.97 Å². The molecule has 0 fully saturated rings. The molecular weight excluding hydrogens is 460 g/mol. The fourth-order valence-corrected chi connectivity index (χ4v) is 4.06. The maximum Gasteiger partial charge on any atom is 0.347 e. The number of nitrogens with two attached hydrogens (primary N) is 1. The molecule has 0 aromatic heterocycles. The summed E-state index contributed by atoms with van der Waals surface area (Å²) in [5.41, 5.74) is 8.19. The third-order valence-corrected chi connectivity index (χ3v) is 5.63. The zero-order valence-corrected chi connectivity index (χ0v) is 20.2. The van der Waals surface area contributed by atoms with Crippen molar-refractivity contribution in [2.75, 3.05) is 20.3 Å². The molecular formula is C28H26N2O6. The van der Waals surface area contributed by atoms with Gasteiger partial charge in [0.15, 0.2) is 11.5 Å². The second-order valence-electron chi connectivity index (χ2n) is 7.79. The monoisotopic (exact) mass is 486 g/mol. The first kappa shape index (κ1) is 24.5. The summed E-state index contributed by atoms with van der Waals surface area (Å²) in [5.74, 6) is 1.14. The summed E-state index contributed by atoms with van der Waals surface area (Å²) >= 11 is 0. The van der Waals surface area contributed by atoms with Crippen molar-refractivity contribution in [1.29, 1.82) is 5.26 Å². The molecule has 1 aliphatic heterocycles. The third kappa shape index (κ3) is 4.77. The molecule has 1 unspecified atom stereocenters. The lowest BCUT2D eigenvalue weighted by Crippen LogP contribution is -2.21. The van der Waals surface area contributed by atoms with Crippen LogP contribution in [-0.4, -0.2) is 26.3 Å². The molecule has 2 N–H and O–H groups in total. The van der Waals surface area contributed by atoms with Crippen LogP contribution in [0.4, 0.5) is 0 Å². The quantitative estimate of drug-likeness (QED) is 0.352. The molecule has 1 atom stereocenters. The Hall–Kier alpha value is -4.64. The molecule has 0 amide bonds. The SMILES string of the molecule is CCOc1ccc(C2C(C#N)=C(N)Oc3cc(OC(=O)c4ccccc4OC)ccc32)cc1OCC. The topological polar surface area (TPSA) is 113 Å². The van der Waals surface area contributed by atoms with Crippen molar-refractivity contribution in [3.8, 4) is 34.8 Å². The predicted octanol–water partition coefficient (Wildman–Crippen LogP) is 4.93. The van der Waals surface area contributed by atoms with Crippen LogP contribution >= 0.6 is 0 Å². The number of carbonyl (C=O) groups excluding carboxylic acids is 1. The molecule has 1 aliphatic rings. The largest absolute Gasteiger partial charge is 0.496 e. The number of hydrogen-bond acceptors (Lipinski definition) is 8. The van der Waals surface area contributed by atoms with E-state index in [1.807, 2.05) is 32.0 Å². The Labute approximate surface area is 209 Å². The van der Waals surface area contributed by atoms with Crippen molar-refractivity contribution in [3.63, 3.8) is 0 Å². The first-order chi connectivity index (χ1) is 17.5. The Morgan fingerprint density at radius 1 is 1.00 bits per heavy atom. The number of carbonyl (C=O) groups is 1. The number of benzene rings is 3. The standard InChI is InChI=1S/C28H26N2O6/c1-4-33-23-13-10-17(14-25(23)34-5-2)26-19-12-11-18(15-24(19)36-27(30)21(26)16-29)35-28(31)20-8-6-7-9-22(20)32-3/h6-15,26H,4-5,30H2,1-3H3. The Balaban J connectivity index is 1.71. The number of nitriles is 1. The summed E-state index contributed by atoms with van der Waals surface area (Å²) in [6.45, 7) is 4.73. The second kappa shape index (κ2) is 10.7. The summed E-state index contributed by atoms with van der Waals surface area (Å²) in [4.78, 5) is 12.7. The molecule has 3 aromatic rings. The lowest BCUT2D eigenvalue weighted by atomic mass is 9.83. The van der Waals surface area contributed by atoms with E-state index in [-0.39, 0.29) is 17.2 Å². The molecule has 0 aliphatic carbocycles. The molecule has 0 radical (unpaired) electrons. The van der Waals surface area contributed by atoms with Crippen molar-refractivity contribution in [2.24, 2.45) is 5.73 Å². The fourth-order valence-electron chi connectivity index (χ4n) is 4.06. The van der Waals surface area contributed by atoms with Crippen LogP contribution in [0.25, 0.3) is 0 Å². The number of fused-ring (bicyclic) bond motifs is 1. The summed E-state index contributed by atoms with van der Waals surface area (Å²) in [6, 6.07) is 19.5. The van der Waals surface area contributed by atoms with Gasteiger partial charge in [-0.3, -0.25) is 0 Å². The van der Waals surface area contributed by atoms with Crippen LogP contribution in [0.3, 0.4) is 0 Å². The number of para-hydroxylation sites is 1. The first-order valence-corrected chi connectivity index (χ1v) is 11.5. The average molecular weight is 487 g/mol. The van der Waals surface area contributed by atoms with E-state index >= 15 is 0 Å². The van der Waals surface area contributed by atoms with Crippen molar-refractivity contribution in [2.45, 2.75) is 19.8 Å². The van der Waals surface area contributed by atoms with Crippen LogP contribution in [0.5, 0.6) is 28.7 Å². The lowest BCUT2D eigenvalue weighted by Gasteiger charge is -2.27. The number of hydrogen-bond donors (Lipinski definition) is 1. The van der Waals surface area contributed by atoms with E-state index in [9.17, 15) is 10.1 Å². The van der Waals surface area contributed by atoms with Gasteiger partial charge in [0, 0.05) is 11.6 Å². The van der Waals surface area contributed by atoms with Gasteiger partial charge >= 0.3 is 5.97 Å². The summed E-state index contributed by atoms with van der Waals surface area (Å²) in [7, 11) is 1.48. The minimum atomic E-state index is -0.575. The van der Waals surface area contributed by atoms with E-state index in [2.05, 4.69) is 6.07 Å². The van der Waals surface area contributed by atoms with Crippen LogP contribution < -0.4 is 29.4 Å². The van der Waals surface area contributed by atoms with Gasteiger partial charge in [0.25, 0.3) is 0 Å². The number of methoxy groups -OCH3 is 1. The smallest absolute Gasteiger partial charge is 0.347 e. The predicted molar refractivity (Wildman–Crippen MR) is 132 cm³/mol. The van der Waals surface area contributed by atoms with Gasteiger partial charge < -0.3 is 29.4 Å². The highest BCUT2D eigenvalue weighted by molar-refractivity contribution is 5.94. The molecule has 8 nitrogen and oxygen atoms in total. The van der Waals surface area contributed by atoms with Gasteiger partial charge in [-0.15, -0.1) is 0 Å². The van der Waals surface area contributed by atoms with Gasteiger partial charge in [-0.25, -0.2) is 4.79 Å². The second-order valence-corrected chi connectivity index (χ2v) is 7.79. The van der Waals surface area contributed by atoms with Crippen LogP contribution in [0.1, 0.15) is 41.3 Å². The maximum absolute atomic E-state index is 12.7. The zero-order valence-electron chi connectivity index (χ0n) is 20.2. The highest BCUT2D eigenvalue weighted by Gasteiger charge is 2.32. The molecule has 0 saturated heterocycles. The van der Waals surface area contributed by atoms with Gasteiger partial charge in [0.1, 0.15) is 34.5 Å². The van der Waals surface area contributed by atoms with E-state index in [1.165, 1.54) is 7.11 Å². The number of ether oxygens (including phenoxy) is 5. The molecule has 36 heavy (non-hydrogen) atoms. The lowest BCUT2D eigenvalue weighted by molar-refractivity contribution is 0.0731. The molecule has 8 heteroatoms. The molecule has 1 heterocycles. The van der Waals surface area contributed by atoms with Crippen molar-refractivity contribution < 1.29 is 28.5 Å². The first-order valence-electron chi connectivity index (χ1n) is 11.5. The molecule has 0 spiro atoms. The number of nitrogens with zero attached hydrogens (tertiary/aromatic N) is 1. The van der Waals surface area contributed by atoms with Gasteiger partial charge in [-0.05, 0) is 49.7 Å². The molecule has 0 saturated carbocycles. The van der Waals surface area contributed by atoms with E-state index in [1.54, 1.807) is 42.5 Å². The van der Waals surface area contributed by atoms with Crippen LogP contribution in [0.15, 0.2) is 72.1 Å². The Bertz CT molecular complexity index is 1360. The van der Waals surface area contributed by atoms with E-state index in [4.69, 9.17) is 29.4 Å². The van der Waals surface area contributed by atoms with Gasteiger partial charge in [0.05, 0.1) is 26.2 Å². The normalized spacial score (nSPS) is 14.2. The zero-order chi connectivity index (χ0) is 25.7. The summed E-state index contributed by atoms with van der Waals surface area (Å²) in [6.07, 6.45) is 0. The summed E-state index contributed by atoms with van der Waals surface area (Å²) in [5, 5.41) is 9.87. The van der Waals surface area contributed by atoms with E-state index in [0.717, 1.165) is 5.56 Å². The molecule has 0 bridgehead atoms. The Kier molecular flexibility index (Phi) is 7.31. The van der Waals surface area contributed by atoms with E-state index < -0.39 is 11.9 Å². The molecule has 184 valence electrons. The maximum atomic E-state index is 12.7. The van der Waals surface area contributed by atoms with Crippen LogP contribution in [0, 0.1) is 11.3 Å². The van der Waals surface area contributed by atoms with E-state index in [0.29, 0.717) is 47.3 Å². The van der Waals surface area contributed by atoms with Gasteiger partial charge in [0.2, 0.25) is 5.88 Å². The third-order valence-electron chi connectivity index (χ3n) is 5.63. The number of rotatable bonds is 8. The molecule has 3 aromatic carbocycles. The van der Waals surface area contributed by atoms with Crippen LogP contribution in [-0.2, 0) is 0 Å². The highest BCUT2D eigenvalue weighted by Crippen LogP contribution is 2.45. The van der Waals surface area contributed by atoms with Gasteiger partial charge in [-0.1, -0.05) is 24.3 Å². The van der Waals surface area contributed by atoms with Crippen molar-refractivity contribution in [1.82, 2.24) is 0 Å². The summed E-state index contributed by atoms with van der Waals surface area (Å²) < 4.78 is 28.0. The number of esters is 1. The number of allylic oxidation sites excluding steroid dienone is 1. The van der Waals surface area contributed by atoms with Crippen molar-refractivity contribution in [3.05, 3.63) is 88.8 Å². The fraction of sp³-hybridized carbons (Fsp3) is 0.214. The highest BCUT2D eigenvalue weighted by atomic mass is 16.5. The van der Waals surface area contributed by atoms with Crippen LogP contribution in [0.2, 0.25) is 0 Å². The van der Waals surface area contributed by atoms with Gasteiger partial charge in [-0.2, -0.15) is 5.26 Å². The minimum absolute atomic E-state index is 0.0185. The Morgan fingerprint density at radius 2 is 1.75 bits per heavy atom. The minimum Gasteiger partial charge on any atom is -0.496 e.